The van der Waals surface area contributed by atoms with E-state index in [9.17, 15) is 4.79 Å². The molecule has 1 aliphatic rings. The van der Waals surface area contributed by atoms with Crippen molar-refractivity contribution in [1.82, 2.24) is 10.3 Å². The second-order valence-electron chi connectivity index (χ2n) is 6.14. The number of nitrogens with zero attached hydrogens (tertiary/aromatic N) is 1. The minimum absolute atomic E-state index is 0.156. The van der Waals surface area contributed by atoms with Gasteiger partial charge in [0.15, 0.2) is 5.76 Å². The number of amides is 1. The summed E-state index contributed by atoms with van der Waals surface area (Å²) in [6, 6.07) is 9.52. The number of hydrogen-bond donors (Lipinski definition) is 1. The van der Waals surface area contributed by atoms with E-state index in [0.717, 1.165) is 29.1 Å². The summed E-state index contributed by atoms with van der Waals surface area (Å²) in [5, 5.41) is 5.50. The van der Waals surface area contributed by atoms with Gasteiger partial charge in [-0.05, 0) is 37.1 Å². The lowest BCUT2D eigenvalue weighted by Crippen LogP contribution is -2.35. The van der Waals surface area contributed by atoms with Crippen molar-refractivity contribution in [2.45, 2.75) is 38.1 Å². The highest BCUT2D eigenvalue weighted by atomic mass is 35.5. The molecule has 1 saturated carbocycles. The highest BCUT2D eigenvalue weighted by Gasteiger charge is 2.19. The van der Waals surface area contributed by atoms with Gasteiger partial charge in [-0.25, -0.2) is 4.98 Å². The molecule has 0 spiro atoms. The Labute approximate surface area is 138 Å². The van der Waals surface area contributed by atoms with Crippen molar-refractivity contribution in [3.8, 4) is 0 Å². The number of fused-ring (bicyclic) bond motifs is 2. The van der Waals surface area contributed by atoms with Gasteiger partial charge in [0.1, 0.15) is 0 Å². The Morgan fingerprint density at radius 2 is 1.96 bits per heavy atom. The van der Waals surface area contributed by atoms with Crippen molar-refractivity contribution in [1.29, 1.82) is 0 Å². The van der Waals surface area contributed by atoms with Crippen LogP contribution in [-0.4, -0.2) is 16.9 Å². The molecule has 1 fully saturated rings. The van der Waals surface area contributed by atoms with Gasteiger partial charge in [0, 0.05) is 21.8 Å². The first-order chi connectivity index (χ1) is 11.2. The van der Waals surface area contributed by atoms with Gasteiger partial charge in [0.25, 0.3) is 5.91 Å². The highest BCUT2D eigenvalue weighted by Crippen LogP contribution is 2.25. The molecule has 23 heavy (non-hydrogen) atoms. The first kappa shape index (κ1) is 14.5. The predicted octanol–water partition coefficient (Wildman–Crippen LogP) is 4.70. The Morgan fingerprint density at radius 1 is 1.13 bits per heavy atom. The molecule has 1 aliphatic carbocycles. The largest absolute Gasteiger partial charge is 0.433 e. The zero-order valence-corrected chi connectivity index (χ0v) is 13.4. The smallest absolute Gasteiger partial charge is 0.287 e. The van der Waals surface area contributed by atoms with E-state index < -0.39 is 0 Å². The summed E-state index contributed by atoms with van der Waals surface area (Å²) >= 11 is 6.00. The lowest BCUT2D eigenvalue weighted by molar-refractivity contribution is 0.0901. The van der Waals surface area contributed by atoms with Gasteiger partial charge in [0.05, 0.1) is 5.52 Å². The van der Waals surface area contributed by atoms with Gasteiger partial charge < -0.3 is 9.73 Å². The van der Waals surface area contributed by atoms with Crippen LogP contribution < -0.4 is 5.32 Å². The Morgan fingerprint density at radius 3 is 2.78 bits per heavy atom. The number of rotatable bonds is 2. The quantitative estimate of drug-likeness (QED) is 0.742. The van der Waals surface area contributed by atoms with Crippen LogP contribution in [0.4, 0.5) is 0 Å². The van der Waals surface area contributed by atoms with E-state index in [4.69, 9.17) is 16.0 Å². The third-order valence-corrected chi connectivity index (χ3v) is 4.66. The van der Waals surface area contributed by atoms with Crippen LogP contribution in [0.5, 0.6) is 0 Å². The molecule has 3 aromatic rings. The van der Waals surface area contributed by atoms with E-state index in [1.165, 1.54) is 19.3 Å². The molecule has 1 aromatic carbocycles. The SMILES string of the molecule is O=C(NC1CCCCC1)c1cc2cc3ccc(Cl)cc3nc2o1. The molecule has 2 aromatic heterocycles. The molecule has 1 amide bonds. The maximum atomic E-state index is 12.4. The Kier molecular flexibility index (Phi) is 3.69. The fraction of sp³-hybridized carbons (Fsp3) is 0.333. The fourth-order valence-corrected chi connectivity index (χ4v) is 3.38. The van der Waals surface area contributed by atoms with Crippen LogP contribution in [0, 0.1) is 0 Å². The monoisotopic (exact) mass is 328 g/mol. The molecule has 1 N–H and O–H groups in total. The van der Waals surface area contributed by atoms with Gasteiger partial charge in [-0.15, -0.1) is 0 Å². The van der Waals surface area contributed by atoms with Gasteiger partial charge >= 0.3 is 0 Å². The topological polar surface area (TPSA) is 55.1 Å². The molecular formula is C18H17ClN2O2. The molecule has 0 radical (unpaired) electrons. The number of benzene rings is 1. The summed E-state index contributed by atoms with van der Waals surface area (Å²) in [6.07, 6.45) is 5.72. The Balaban J connectivity index is 1.64. The average molecular weight is 329 g/mol. The number of hydrogen-bond acceptors (Lipinski definition) is 3. The standard InChI is InChI=1S/C18H17ClN2O2/c19-13-7-6-11-8-12-9-16(23-18(12)21-15(11)10-13)17(22)20-14-4-2-1-3-5-14/h6-10,14H,1-5H2,(H,20,22). The maximum Gasteiger partial charge on any atom is 0.287 e. The minimum atomic E-state index is -0.156. The molecule has 2 heterocycles. The van der Waals surface area contributed by atoms with Gasteiger partial charge in [-0.3, -0.25) is 4.79 Å². The number of carbonyl (C=O) groups is 1. The Hall–Kier alpha value is -2.07. The van der Waals surface area contributed by atoms with E-state index in [1.54, 1.807) is 12.1 Å². The average Bonchev–Trinajstić information content (AvgIpc) is 2.96. The predicted molar refractivity (Wildman–Crippen MR) is 90.9 cm³/mol. The number of halogens is 1. The molecule has 0 unspecified atom stereocenters. The number of nitrogens with one attached hydrogen (secondary N) is 1. The van der Waals surface area contributed by atoms with Gasteiger partial charge in [-0.2, -0.15) is 0 Å². The highest BCUT2D eigenvalue weighted by molar-refractivity contribution is 6.31. The van der Waals surface area contributed by atoms with Crippen molar-refractivity contribution in [3.63, 3.8) is 0 Å². The minimum Gasteiger partial charge on any atom is -0.433 e. The molecule has 5 heteroatoms. The molecule has 0 atom stereocenters. The van der Waals surface area contributed by atoms with Crippen molar-refractivity contribution >= 4 is 39.5 Å². The van der Waals surface area contributed by atoms with Crippen LogP contribution in [0.1, 0.15) is 42.7 Å². The maximum absolute atomic E-state index is 12.4. The molecule has 0 bridgehead atoms. The summed E-state index contributed by atoms with van der Waals surface area (Å²) < 4.78 is 5.65. The first-order valence-electron chi connectivity index (χ1n) is 8.00. The fourth-order valence-electron chi connectivity index (χ4n) is 3.21. The third-order valence-electron chi connectivity index (χ3n) is 4.43. The summed E-state index contributed by atoms with van der Waals surface area (Å²) in [6.45, 7) is 0. The lowest BCUT2D eigenvalue weighted by atomic mass is 9.95. The van der Waals surface area contributed by atoms with Crippen molar-refractivity contribution in [2.75, 3.05) is 0 Å². The molecule has 4 nitrogen and oxygen atoms in total. The van der Waals surface area contributed by atoms with E-state index in [1.807, 2.05) is 18.2 Å². The van der Waals surface area contributed by atoms with E-state index in [0.29, 0.717) is 16.5 Å². The number of aromatic nitrogens is 1. The molecular weight excluding hydrogens is 312 g/mol. The van der Waals surface area contributed by atoms with E-state index >= 15 is 0 Å². The Bertz CT molecular complexity index is 881. The summed E-state index contributed by atoms with van der Waals surface area (Å²) in [4.78, 5) is 16.8. The van der Waals surface area contributed by atoms with Crippen LogP contribution in [-0.2, 0) is 0 Å². The van der Waals surface area contributed by atoms with Gasteiger partial charge in [-0.1, -0.05) is 36.9 Å². The second kappa shape index (κ2) is 5.85. The first-order valence-corrected chi connectivity index (χ1v) is 8.37. The van der Waals surface area contributed by atoms with Crippen LogP contribution in [0.25, 0.3) is 22.0 Å². The number of carbonyl (C=O) groups excluding carboxylic acids is 1. The normalized spacial score (nSPS) is 16.0. The summed E-state index contributed by atoms with van der Waals surface area (Å²) in [7, 11) is 0. The van der Waals surface area contributed by atoms with Crippen molar-refractivity contribution < 1.29 is 9.21 Å². The lowest BCUT2D eigenvalue weighted by Gasteiger charge is -2.22. The van der Waals surface area contributed by atoms with Crippen LogP contribution in [0.3, 0.4) is 0 Å². The van der Waals surface area contributed by atoms with Crippen LogP contribution >= 0.6 is 11.6 Å². The van der Waals surface area contributed by atoms with Crippen molar-refractivity contribution in [2.24, 2.45) is 0 Å². The summed E-state index contributed by atoms with van der Waals surface area (Å²) in [5.74, 6) is 0.163. The van der Waals surface area contributed by atoms with E-state index in [2.05, 4.69) is 10.3 Å². The summed E-state index contributed by atoms with van der Waals surface area (Å²) in [5.41, 5.74) is 1.23. The molecule has 0 aliphatic heterocycles. The number of pyridine rings is 1. The van der Waals surface area contributed by atoms with E-state index in [-0.39, 0.29) is 11.9 Å². The van der Waals surface area contributed by atoms with Crippen molar-refractivity contribution in [3.05, 3.63) is 41.1 Å². The molecule has 0 saturated heterocycles. The molecule has 4 rings (SSSR count). The second-order valence-corrected chi connectivity index (χ2v) is 6.58. The van der Waals surface area contributed by atoms with Gasteiger partial charge in [0.2, 0.25) is 5.71 Å². The van der Waals surface area contributed by atoms with Crippen LogP contribution in [0.15, 0.2) is 34.7 Å². The van der Waals surface area contributed by atoms with Crippen LogP contribution in [0.2, 0.25) is 5.02 Å². The zero-order valence-electron chi connectivity index (χ0n) is 12.6. The number of furan rings is 1. The molecule has 118 valence electrons. The zero-order chi connectivity index (χ0) is 15.8. The third kappa shape index (κ3) is 2.91.